The standard InChI is InChI=1S/C13H18N4O3/c1-10-14-8-11-13(15-10)17(12(18)9-20-11)3-2-16-4-6-19-7-5-16/h8H,2-7,9H2,1H3. The van der Waals surface area contributed by atoms with Gasteiger partial charge in [0.15, 0.2) is 18.2 Å². The summed E-state index contributed by atoms with van der Waals surface area (Å²) in [6.07, 6.45) is 1.63. The lowest BCUT2D eigenvalue weighted by molar-refractivity contribution is -0.121. The number of morpholine rings is 1. The molecule has 1 saturated heterocycles. The van der Waals surface area contributed by atoms with E-state index in [1.54, 1.807) is 18.0 Å². The fourth-order valence-corrected chi connectivity index (χ4v) is 2.37. The Labute approximate surface area is 117 Å². The number of fused-ring (bicyclic) bond motifs is 1. The molecule has 0 atom stereocenters. The maximum absolute atomic E-state index is 12.0. The van der Waals surface area contributed by atoms with Crippen LogP contribution in [0.4, 0.5) is 5.82 Å². The molecule has 0 saturated carbocycles. The SMILES string of the molecule is Cc1ncc2c(n1)N(CCN1CCOCC1)C(=O)CO2. The highest BCUT2D eigenvalue weighted by Crippen LogP contribution is 2.28. The van der Waals surface area contributed by atoms with E-state index in [1.807, 2.05) is 0 Å². The van der Waals surface area contributed by atoms with E-state index in [2.05, 4.69) is 14.9 Å². The average molecular weight is 278 g/mol. The molecule has 0 aliphatic carbocycles. The molecule has 7 nitrogen and oxygen atoms in total. The smallest absolute Gasteiger partial charge is 0.266 e. The van der Waals surface area contributed by atoms with Crippen LogP contribution in [-0.2, 0) is 9.53 Å². The van der Waals surface area contributed by atoms with Crippen molar-refractivity contribution in [2.45, 2.75) is 6.92 Å². The summed E-state index contributed by atoms with van der Waals surface area (Å²) in [5.74, 6) is 1.75. The Bertz CT molecular complexity index is 502. The quantitative estimate of drug-likeness (QED) is 0.765. The van der Waals surface area contributed by atoms with E-state index in [0.29, 0.717) is 23.9 Å². The zero-order valence-electron chi connectivity index (χ0n) is 11.5. The second kappa shape index (κ2) is 5.72. The normalized spacial score (nSPS) is 19.6. The Morgan fingerprint density at radius 3 is 2.90 bits per heavy atom. The number of carbonyl (C=O) groups is 1. The molecule has 1 amide bonds. The molecule has 0 unspecified atom stereocenters. The van der Waals surface area contributed by atoms with Gasteiger partial charge in [0.05, 0.1) is 19.4 Å². The summed E-state index contributed by atoms with van der Waals surface area (Å²) in [4.78, 5) is 24.5. The minimum atomic E-state index is -0.0520. The Hall–Kier alpha value is -1.73. The minimum absolute atomic E-state index is 0.0520. The van der Waals surface area contributed by atoms with Crippen LogP contribution < -0.4 is 9.64 Å². The summed E-state index contributed by atoms with van der Waals surface area (Å²) in [5, 5.41) is 0. The van der Waals surface area contributed by atoms with Crippen LogP contribution in [0.5, 0.6) is 5.75 Å². The second-order valence-corrected chi connectivity index (χ2v) is 4.89. The molecular formula is C13H18N4O3. The van der Waals surface area contributed by atoms with Gasteiger partial charge in [-0.05, 0) is 6.92 Å². The number of carbonyl (C=O) groups excluding carboxylic acids is 1. The zero-order chi connectivity index (χ0) is 13.9. The van der Waals surface area contributed by atoms with Gasteiger partial charge in [-0.1, -0.05) is 0 Å². The lowest BCUT2D eigenvalue weighted by atomic mass is 10.3. The van der Waals surface area contributed by atoms with Crippen LogP contribution in [0.3, 0.4) is 0 Å². The fourth-order valence-electron chi connectivity index (χ4n) is 2.37. The number of ether oxygens (including phenoxy) is 2. The van der Waals surface area contributed by atoms with Crippen molar-refractivity contribution in [1.82, 2.24) is 14.9 Å². The Morgan fingerprint density at radius 1 is 1.30 bits per heavy atom. The summed E-state index contributed by atoms with van der Waals surface area (Å²) < 4.78 is 10.7. The van der Waals surface area contributed by atoms with Crippen molar-refractivity contribution in [2.24, 2.45) is 0 Å². The van der Waals surface area contributed by atoms with E-state index in [1.165, 1.54) is 0 Å². The molecule has 3 rings (SSSR count). The third-order valence-corrected chi connectivity index (χ3v) is 3.51. The van der Waals surface area contributed by atoms with Crippen molar-refractivity contribution in [2.75, 3.05) is 50.9 Å². The van der Waals surface area contributed by atoms with E-state index in [-0.39, 0.29) is 12.5 Å². The topological polar surface area (TPSA) is 67.8 Å². The molecule has 3 heterocycles. The highest BCUT2D eigenvalue weighted by Gasteiger charge is 2.27. The van der Waals surface area contributed by atoms with E-state index in [9.17, 15) is 4.79 Å². The Balaban J connectivity index is 1.71. The maximum Gasteiger partial charge on any atom is 0.266 e. The molecule has 2 aliphatic heterocycles. The van der Waals surface area contributed by atoms with Crippen molar-refractivity contribution < 1.29 is 14.3 Å². The van der Waals surface area contributed by atoms with Gasteiger partial charge < -0.3 is 9.47 Å². The van der Waals surface area contributed by atoms with Crippen LogP contribution in [-0.4, -0.2) is 66.8 Å². The first kappa shape index (κ1) is 13.3. The van der Waals surface area contributed by atoms with Crippen molar-refractivity contribution in [3.63, 3.8) is 0 Å². The molecule has 108 valence electrons. The first-order chi connectivity index (χ1) is 9.74. The number of nitrogens with zero attached hydrogens (tertiary/aromatic N) is 4. The fraction of sp³-hybridized carbons (Fsp3) is 0.615. The first-order valence-electron chi connectivity index (χ1n) is 6.81. The summed E-state index contributed by atoms with van der Waals surface area (Å²) in [6, 6.07) is 0. The van der Waals surface area contributed by atoms with Crippen molar-refractivity contribution >= 4 is 11.7 Å². The number of aryl methyl sites for hydroxylation is 1. The monoisotopic (exact) mass is 278 g/mol. The average Bonchev–Trinajstić information content (AvgIpc) is 2.47. The molecule has 20 heavy (non-hydrogen) atoms. The lowest BCUT2D eigenvalue weighted by Crippen LogP contribution is -2.46. The van der Waals surface area contributed by atoms with Gasteiger partial charge in [-0.3, -0.25) is 14.6 Å². The Kier molecular flexibility index (Phi) is 3.79. The van der Waals surface area contributed by atoms with Gasteiger partial charge in [0.25, 0.3) is 5.91 Å². The predicted molar refractivity (Wildman–Crippen MR) is 71.9 cm³/mol. The summed E-state index contributed by atoms with van der Waals surface area (Å²) in [5.41, 5.74) is 0. The van der Waals surface area contributed by atoms with Crippen LogP contribution >= 0.6 is 0 Å². The highest BCUT2D eigenvalue weighted by molar-refractivity contribution is 5.96. The van der Waals surface area contributed by atoms with E-state index >= 15 is 0 Å². The van der Waals surface area contributed by atoms with Crippen LogP contribution in [0.2, 0.25) is 0 Å². The maximum atomic E-state index is 12.0. The van der Waals surface area contributed by atoms with Gasteiger partial charge in [-0.2, -0.15) is 0 Å². The number of hydrogen-bond donors (Lipinski definition) is 0. The van der Waals surface area contributed by atoms with Crippen LogP contribution in [0, 0.1) is 6.92 Å². The summed E-state index contributed by atoms with van der Waals surface area (Å²) in [6.45, 7) is 6.64. The highest BCUT2D eigenvalue weighted by atomic mass is 16.5. The Morgan fingerprint density at radius 2 is 2.10 bits per heavy atom. The third kappa shape index (κ3) is 2.73. The molecule has 0 radical (unpaired) electrons. The number of hydrogen-bond acceptors (Lipinski definition) is 6. The van der Waals surface area contributed by atoms with Crippen molar-refractivity contribution in [3.05, 3.63) is 12.0 Å². The molecule has 0 N–H and O–H groups in total. The van der Waals surface area contributed by atoms with Crippen molar-refractivity contribution in [1.29, 1.82) is 0 Å². The first-order valence-corrected chi connectivity index (χ1v) is 6.81. The summed E-state index contributed by atoms with van der Waals surface area (Å²) in [7, 11) is 0. The zero-order valence-corrected chi connectivity index (χ0v) is 11.5. The molecule has 0 spiro atoms. The molecule has 0 aromatic carbocycles. The van der Waals surface area contributed by atoms with Crippen LogP contribution in [0.1, 0.15) is 5.82 Å². The van der Waals surface area contributed by atoms with Crippen molar-refractivity contribution in [3.8, 4) is 5.75 Å². The molecule has 1 fully saturated rings. The van der Waals surface area contributed by atoms with Gasteiger partial charge in [0.1, 0.15) is 5.82 Å². The van der Waals surface area contributed by atoms with E-state index in [4.69, 9.17) is 9.47 Å². The van der Waals surface area contributed by atoms with Gasteiger partial charge in [-0.15, -0.1) is 0 Å². The molecule has 1 aromatic rings. The van der Waals surface area contributed by atoms with Gasteiger partial charge in [-0.25, -0.2) is 9.97 Å². The number of rotatable bonds is 3. The number of aromatic nitrogens is 2. The van der Waals surface area contributed by atoms with E-state index in [0.717, 1.165) is 32.8 Å². The minimum Gasteiger partial charge on any atom is -0.478 e. The largest absolute Gasteiger partial charge is 0.478 e. The van der Waals surface area contributed by atoms with Crippen LogP contribution in [0.25, 0.3) is 0 Å². The van der Waals surface area contributed by atoms with Crippen LogP contribution in [0.15, 0.2) is 6.20 Å². The van der Waals surface area contributed by atoms with Gasteiger partial charge in [0, 0.05) is 26.2 Å². The predicted octanol–water partition coefficient (Wildman–Crippen LogP) is -0.157. The molecule has 2 aliphatic rings. The van der Waals surface area contributed by atoms with E-state index < -0.39 is 0 Å². The number of anilines is 1. The molecule has 7 heteroatoms. The summed E-state index contributed by atoms with van der Waals surface area (Å²) >= 11 is 0. The third-order valence-electron chi connectivity index (χ3n) is 3.51. The van der Waals surface area contributed by atoms with Gasteiger partial charge >= 0.3 is 0 Å². The second-order valence-electron chi connectivity index (χ2n) is 4.89. The number of amides is 1. The molecule has 0 bridgehead atoms. The molecule has 1 aromatic heterocycles. The van der Waals surface area contributed by atoms with Gasteiger partial charge in [0.2, 0.25) is 0 Å². The molecular weight excluding hydrogens is 260 g/mol. The lowest BCUT2D eigenvalue weighted by Gasteiger charge is -2.32.